The fraction of sp³-hybridized carbons (Fsp3) is 0.200. The largest absolute Gasteiger partial charge is 0.386 e. The van der Waals surface area contributed by atoms with Crippen molar-refractivity contribution < 1.29 is 9.59 Å². The smallest absolute Gasteiger partial charge is 0.265 e. The molecule has 1 heterocycles. The highest BCUT2D eigenvalue weighted by molar-refractivity contribution is 6.09. The van der Waals surface area contributed by atoms with Crippen molar-refractivity contribution in [1.82, 2.24) is 0 Å². The number of primary amides is 1. The topological polar surface area (TPSA) is 122 Å². The molecule has 0 aliphatic carbocycles. The monoisotopic (exact) mass is 282 g/mol. The molecule has 0 aromatic heterocycles. The van der Waals surface area contributed by atoms with Crippen LogP contribution < -0.4 is 11.5 Å². The molecule has 1 aromatic carbocycles. The number of aliphatic imine (C=N–C) groups is 1. The van der Waals surface area contributed by atoms with Crippen LogP contribution in [-0.2, 0) is 9.59 Å². The van der Waals surface area contributed by atoms with Crippen molar-refractivity contribution in [2.75, 3.05) is 0 Å². The molecule has 3 unspecified atom stereocenters. The molecule has 0 bridgehead atoms. The Morgan fingerprint density at radius 3 is 2.57 bits per heavy atom. The van der Waals surface area contributed by atoms with Crippen molar-refractivity contribution in [2.45, 2.75) is 0 Å². The first-order valence-corrected chi connectivity index (χ1v) is 6.34. The summed E-state index contributed by atoms with van der Waals surface area (Å²) in [6.45, 7) is 0. The lowest BCUT2D eigenvalue weighted by Gasteiger charge is -2.27. The number of carbonyl (C=O) groups is 2. The Kier molecular flexibility index (Phi) is 4.14. The van der Waals surface area contributed by atoms with Crippen LogP contribution in [0.3, 0.4) is 0 Å². The summed E-state index contributed by atoms with van der Waals surface area (Å²) in [5, 5.41) is 9.15. The second-order valence-electron chi connectivity index (χ2n) is 4.71. The van der Waals surface area contributed by atoms with E-state index in [-0.39, 0.29) is 5.84 Å². The van der Waals surface area contributed by atoms with Gasteiger partial charge >= 0.3 is 0 Å². The van der Waals surface area contributed by atoms with Gasteiger partial charge < -0.3 is 11.5 Å². The summed E-state index contributed by atoms with van der Waals surface area (Å²) in [4.78, 5) is 26.9. The van der Waals surface area contributed by atoms with Gasteiger partial charge in [0.25, 0.3) is 5.91 Å². The van der Waals surface area contributed by atoms with E-state index in [2.05, 4.69) is 4.99 Å². The maximum absolute atomic E-state index is 11.7. The number of carbonyl (C=O) groups excluding carboxylic acids is 2. The van der Waals surface area contributed by atoms with E-state index in [9.17, 15) is 9.59 Å². The van der Waals surface area contributed by atoms with Crippen molar-refractivity contribution in [3.05, 3.63) is 42.0 Å². The Morgan fingerprint density at radius 1 is 1.33 bits per heavy atom. The number of amidine groups is 1. The Balaban J connectivity index is 2.39. The van der Waals surface area contributed by atoms with E-state index in [1.165, 1.54) is 0 Å². The molecule has 0 spiro atoms. The number of amides is 2. The molecule has 0 fully saturated rings. The van der Waals surface area contributed by atoms with E-state index < -0.39 is 29.6 Å². The van der Waals surface area contributed by atoms with E-state index in [0.717, 1.165) is 5.56 Å². The highest BCUT2D eigenvalue weighted by Crippen LogP contribution is 2.29. The summed E-state index contributed by atoms with van der Waals surface area (Å²) in [6, 6.07) is 11.2. The van der Waals surface area contributed by atoms with Crippen LogP contribution in [0.4, 0.5) is 0 Å². The van der Waals surface area contributed by atoms with Gasteiger partial charge in [-0.25, -0.2) is 0 Å². The van der Waals surface area contributed by atoms with Crippen molar-refractivity contribution in [3.63, 3.8) is 0 Å². The third kappa shape index (κ3) is 2.98. The molecule has 106 valence electrons. The zero-order chi connectivity index (χ0) is 15.4. The molecule has 0 radical (unpaired) electrons. The van der Waals surface area contributed by atoms with E-state index in [1.54, 1.807) is 12.2 Å². The van der Waals surface area contributed by atoms with Crippen molar-refractivity contribution >= 4 is 23.7 Å². The SMILES string of the molecule is N#CC1C(=O)N=C(N)C(C(N)=O)C1/C=C\c1ccccc1. The molecular weight excluding hydrogens is 268 g/mol. The van der Waals surface area contributed by atoms with E-state index in [4.69, 9.17) is 16.7 Å². The molecule has 2 rings (SSSR count). The molecular formula is C15H14N4O2. The summed E-state index contributed by atoms with van der Waals surface area (Å²) < 4.78 is 0. The molecule has 4 N–H and O–H groups in total. The predicted molar refractivity (Wildman–Crippen MR) is 77.4 cm³/mol. The minimum absolute atomic E-state index is 0.137. The molecule has 21 heavy (non-hydrogen) atoms. The summed E-state index contributed by atoms with van der Waals surface area (Å²) in [7, 11) is 0. The maximum Gasteiger partial charge on any atom is 0.265 e. The molecule has 6 heteroatoms. The van der Waals surface area contributed by atoms with Gasteiger partial charge in [0.05, 0.1) is 6.07 Å². The Morgan fingerprint density at radius 2 is 2.00 bits per heavy atom. The Labute approximate surface area is 121 Å². The van der Waals surface area contributed by atoms with Crippen LogP contribution in [0.5, 0.6) is 0 Å². The van der Waals surface area contributed by atoms with Crippen LogP contribution in [-0.4, -0.2) is 17.6 Å². The summed E-state index contributed by atoms with van der Waals surface area (Å²) in [5.41, 5.74) is 11.8. The highest BCUT2D eigenvalue weighted by Gasteiger charge is 2.42. The van der Waals surface area contributed by atoms with Crippen molar-refractivity contribution in [1.29, 1.82) is 5.26 Å². The number of benzene rings is 1. The minimum Gasteiger partial charge on any atom is -0.386 e. The molecule has 2 amide bonds. The van der Waals surface area contributed by atoms with Crippen LogP contribution in [0.1, 0.15) is 5.56 Å². The second-order valence-corrected chi connectivity index (χ2v) is 4.71. The molecule has 6 nitrogen and oxygen atoms in total. The lowest BCUT2D eigenvalue weighted by atomic mass is 9.78. The minimum atomic E-state index is -1.06. The average Bonchev–Trinajstić information content (AvgIpc) is 2.45. The van der Waals surface area contributed by atoms with Crippen LogP contribution in [0.15, 0.2) is 41.4 Å². The third-order valence-electron chi connectivity index (χ3n) is 3.35. The van der Waals surface area contributed by atoms with Crippen LogP contribution >= 0.6 is 0 Å². The second kappa shape index (κ2) is 6.01. The average molecular weight is 282 g/mol. The molecule has 1 aromatic rings. The molecule has 3 atom stereocenters. The summed E-state index contributed by atoms with van der Waals surface area (Å²) >= 11 is 0. The number of nitrogens with zero attached hydrogens (tertiary/aromatic N) is 2. The van der Waals surface area contributed by atoms with Gasteiger partial charge in [-0.05, 0) is 5.56 Å². The Hall–Kier alpha value is -2.94. The maximum atomic E-state index is 11.7. The van der Waals surface area contributed by atoms with Gasteiger partial charge in [0, 0.05) is 5.92 Å². The van der Waals surface area contributed by atoms with Crippen molar-refractivity contribution in [2.24, 2.45) is 34.2 Å². The quantitative estimate of drug-likeness (QED) is 0.835. The predicted octanol–water partition coefficient (Wildman–Crippen LogP) is 0.455. The molecule has 1 aliphatic rings. The molecule has 1 aliphatic heterocycles. The first kappa shape index (κ1) is 14.5. The zero-order valence-corrected chi connectivity index (χ0v) is 11.1. The number of nitriles is 1. The third-order valence-corrected chi connectivity index (χ3v) is 3.35. The lowest BCUT2D eigenvalue weighted by Crippen LogP contribution is -2.47. The molecule has 0 saturated heterocycles. The van der Waals surface area contributed by atoms with Gasteiger partial charge in [-0.15, -0.1) is 0 Å². The van der Waals surface area contributed by atoms with Gasteiger partial charge in [0.1, 0.15) is 17.7 Å². The van der Waals surface area contributed by atoms with Crippen LogP contribution in [0.2, 0.25) is 0 Å². The fourth-order valence-corrected chi connectivity index (χ4v) is 2.31. The number of nitrogens with two attached hydrogens (primary N) is 2. The van der Waals surface area contributed by atoms with Crippen LogP contribution in [0, 0.1) is 29.1 Å². The van der Waals surface area contributed by atoms with Crippen molar-refractivity contribution in [3.8, 4) is 6.07 Å². The first-order chi connectivity index (χ1) is 10.0. The summed E-state index contributed by atoms with van der Waals surface area (Å²) in [6.07, 6.45) is 3.36. The van der Waals surface area contributed by atoms with Gasteiger partial charge in [-0.1, -0.05) is 42.5 Å². The normalized spacial score (nSPS) is 25.4. The highest BCUT2D eigenvalue weighted by atomic mass is 16.2. The first-order valence-electron chi connectivity index (χ1n) is 6.34. The lowest BCUT2D eigenvalue weighted by molar-refractivity contribution is -0.124. The summed E-state index contributed by atoms with van der Waals surface area (Å²) in [5.74, 6) is -4.21. The number of hydrogen-bond acceptors (Lipinski definition) is 4. The van der Waals surface area contributed by atoms with Crippen LogP contribution in [0.25, 0.3) is 6.08 Å². The van der Waals surface area contributed by atoms with Gasteiger partial charge in [0.15, 0.2) is 0 Å². The van der Waals surface area contributed by atoms with E-state index >= 15 is 0 Å². The molecule has 0 saturated carbocycles. The zero-order valence-electron chi connectivity index (χ0n) is 11.1. The van der Waals surface area contributed by atoms with Gasteiger partial charge in [-0.2, -0.15) is 10.3 Å². The Bertz CT molecular complexity index is 658. The van der Waals surface area contributed by atoms with E-state index in [1.807, 2.05) is 36.4 Å². The number of rotatable bonds is 3. The van der Waals surface area contributed by atoms with Gasteiger partial charge in [0.2, 0.25) is 5.91 Å². The number of allylic oxidation sites excluding steroid dienone is 1. The van der Waals surface area contributed by atoms with Gasteiger partial charge in [-0.3, -0.25) is 9.59 Å². The number of hydrogen-bond donors (Lipinski definition) is 2. The fourth-order valence-electron chi connectivity index (χ4n) is 2.31. The van der Waals surface area contributed by atoms with E-state index in [0.29, 0.717) is 0 Å². The standard InChI is InChI=1S/C15H14N4O2/c16-8-11-10(7-6-9-4-2-1-3-5-9)12(14(18)20)13(17)19-15(11)21/h1-7,10-12H,(H2,18,20)(H2,17,19,21)/b7-6-.